The highest BCUT2D eigenvalue weighted by Gasteiger charge is 2.43. The second kappa shape index (κ2) is 8.94. The number of carbonyl (C=O) groups is 1. The summed E-state index contributed by atoms with van der Waals surface area (Å²) < 4.78 is 5.28. The number of nitrogens with zero attached hydrogens (tertiary/aromatic N) is 3. The van der Waals surface area contributed by atoms with Gasteiger partial charge in [-0.3, -0.25) is 9.79 Å². The third-order valence-corrected chi connectivity index (χ3v) is 6.36. The lowest BCUT2D eigenvalue weighted by molar-refractivity contribution is 0.0704. The molecule has 2 aliphatic heterocycles. The molecule has 3 heterocycles. The summed E-state index contributed by atoms with van der Waals surface area (Å²) >= 11 is 0. The van der Waals surface area contributed by atoms with Gasteiger partial charge in [-0.15, -0.1) is 0 Å². The normalized spacial score (nSPS) is 17.7. The Balaban J connectivity index is 1.38. The van der Waals surface area contributed by atoms with E-state index in [0.717, 1.165) is 35.7 Å². The summed E-state index contributed by atoms with van der Waals surface area (Å²) in [6.45, 7) is 1.84. The van der Waals surface area contributed by atoms with Crippen molar-refractivity contribution < 1.29 is 9.53 Å². The fourth-order valence-electron chi connectivity index (χ4n) is 4.49. The Labute approximate surface area is 193 Å². The van der Waals surface area contributed by atoms with Crippen LogP contribution in [0.3, 0.4) is 0 Å². The second-order valence-electron chi connectivity index (χ2n) is 8.41. The van der Waals surface area contributed by atoms with Crippen LogP contribution >= 0.6 is 0 Å². The number of amidine groups is 1. The van der Waals surface area contributed by atoms with Gasteiger partial charge in [0.05, 0.1) is 24.9 Å². The number of hydrogen-bond donors (Lipinski definition) is 2. The van der Waals surface area contributed by atoms with Gasteiger partial charge in [0.2, 0.25) is 0 Å². The first-order valence-electron chi connectivity index (χ1n) is 11.2. The number of carbonyl (C=O) groups excluding carboxylic acids is 1. The smallest absolute Gasteiger partial charge is 0.253 e. The molecule has 0 unspecified atom stereocenters. The number of aliphatic imine (C=N–C) groups is 1. The van der Waals surface area contributed by atoms with Gasteiger partial charge >= 0.3 is 0 Å². The van der Waals surface area contributed by atoms with Crippen molar-refractivity contribution in [3.05, 3.63) is 84.1 Å². The average molecular weight is 442 g/mol. The molecule has 0 radical (unpaired) electrons. The number of benzene rings is 2. The molecule has 1 spiro atoms. The molecule has 33 heavy (non-hydrogen) atoms. The number of amides is 1. The van der Waals surface area contributed by atoms with Gasteiger partial charge in [-0.05, 0) is 48.7 Å². The Kier molecular flexibility index (Phi) is 5.69. The van der Waals surface area contributed by atoms with Gasteiger partial charge < -0.3 is 20.3 Å². The monoisotopic (exact) mass is 441 g/mol. The number of anilines is 2. The molecule has 2 aliphatic rings. The summed E-state index contributed by atoms with van der Waals surface area (Å²) in [4.78, 5) is 24.5. The number of ether oxygens (including phenoxy) is 1. The number of methoxy groups -OCH3 is 1. The fourth-order valence-corrected chi connectivity index (χ4v) is 4.49. The van der Waals surface area contributed by atoms with Crippen LogP contribution < -0.4 is 15.4 Å². The highest BCUT2D eigenvalue weighted by molar-refractivity contribution is 6.09. The van der Waals surface area contributed by atoms with Crippen LogP contribution in [0.25, 0.3) is 0 Å². The number of rotatable bonds is 4. The van der Waals surface area contributed by atoms with Crippen LogP contribution in [0.4, 0.5) is 11.5 Å². The van der Waals surface area contributed by atoms with Crippen molar-refractivity contribution in [2.24, 2.45) is 4.99 Å². The molecule has 7 nitrogen and oxygen atoms in total. The molecule has 1 aromatic heterocycles. The fraction of sp³-hybridized carbons (Fsp3) is 0.269. The molecule has 1 saturated heterocycles. The topological polar surface area (TPSA) is 78.8 Å². The molecule has 7 heteroatoms. The van der Waals surface area contributed by atoms with Crippen LogP contribution in [0.1, 0.15) is 28.8 Å². The third-order valence-electron chi connectivity index (χ3n) is 6.36. The Bertz CT molecular complexity index is 1170. The number of hydrogen-bond acceptors (Lipinski definition) is 5. The number of pyridine rings is 1. The molecule has 5 rings (SSSR count). The molecule has 0 bridgehead atoms. The lowest BCUT2D eigenvalue weighted by Gasteiger charge is -2.46. The minimum Gasteiger partial charge on any atom is -0.497 e. The van der Waals surface area contributed by atoms with Gasteiger partial charge in [0, 0.05) is 24.8 Å². The van der Waals surface area contributed by atoms with Gasteiger partial charge in [-0.25, -0.2) is 4.98 Å². The summed E-state index contributed by atoms with van der Waals surface area (Å²) in [5.41, 5.74) is 2.39. The van der Waals surface area contributed by atoms with Gasteiger partial charge in [0.1, 0.15) is 11.6 Å². The van der Waals surface area contributed by atoms with E-state index < -0.39 is 0 Å². The molecule has 2 aromatic carbocycles. The predicted molar refractivity (Wildman–Crippen MR) is 130 cm³/mol. The van der Waals surface area contributed by atoms with E-state index in [1.54, 1.807) is 19.4 Å². The van der Waals surface area contributed by atoms with E-state index in [1.165, 1.54) is 0 Å². The van der Waals surface area contributed by atoms with Crippen LogP contribution in [0.15, 0.2) is 77.9 Å². The quantitative estimate of drug-likeness (QED) is 0.634. The molecule has 1 amide bonds. The first-order chi connectivity index (χ1) is 16.2. The summed E-state index contributed by atoms with van der Waals surface area (Å²) in [5.74, 6) is 2.38. The summed E-state index contributed by atoms with van der Waals surface area (Å²) in [6.07, 6.45) is 3.27. The Morgan fingerprint density at radius 2 is 1.91 bits per heavy atom. The second-order valence-corrected chi connectivity index (χ2v) is 8.41. The van der Waals surface area contributed by atoms with Crippen LogP contribution in [0.5, 0.6) is 5.75 Å². The maximum Gasteiger partial charge on any atom is 0.253 e. The number of nitrogens with one attached hydrogen (secondary N) is 2. The van der Waals surface area contributed by atoms with Crippen LogP contribution in [0, 0.1) is 0 Å². The van der Waals surface area contributed by atoms with E-state index >= 15 is 0 Å². The number of piperidine rings is 1. The molecule has 0 atom stereocenters. The average Bonchev–Trinajstić information content (AvgIpc) is 2.88. The minimum absolute atomic E-state index is 0.0253. The van der Waals surface area contributed by atoms with E-state index in [9.17, 15) is 4.79 Å². The predicted octanol–water partition coefficient (Wildman–Crippen LogP) is 4.20. The van der Waals surface area contributed by atoms with Gasteiger partial charge in [-0.2, -0.15) is 0 Å². The summed E-state index contributed by atoms with van der Waals surface area (Å²) in [6, 6.07) is 21.5. The van der Waals surface area contributed by atoms with Crippen molar-refractivity contribution in [2.75, 3.05) is 30.8 Å². The maximum absolute atomic E-state index is 13.1. The highest BCUT2D eigenvalue weighted by Crippen LogP contribution is 2.36. The van der Waals surface area contributed by atoms with Gasteiger partial charge in [0.25, 0.3) is 5.91 Å². The zero-order valence-electron chi connectivity index (χ0n) is 18.6. The van der Waals surface area contributed by atoms with Gasteiger partial charge in [0.15, 0.2) is 5.82 Å². The van der Waals surface area contributed by atoms with Gasteiger partial charge in [-0.1, -0.05) is 36.4 Å². The third kappa shape index (κ3) is 4.26. The standard InChI is InChI=1S/C26H27N5O2/c1-33-21-10-5-9-20(17-21)24(32)31-15-12-26(13-16-31)25(28-18-19-7-3-2-4-8-19)29-23-22(30-26)11-6-14-27-23/h2-11,14,17,30H,12-13,15-16,18H2,1H3,(H,27,28,29). The van der Waals surface area contributed by atoms with Crippen molar-refractivity contribution >= 4 is 23.2 Å². The zero-order valence-corrected chi connectivity index (χ0v) is 18.6. The molecule has 1 fully saturated rings. The van der Waals surface area contributed by atoms with Crippen molar-refractivity contribution in [1.29, 1.82) is 0 Å². The number of likely N-dealkylation sites (tertiary alicyclic amines) is 1. The van der Waals surface area contributed by atoms with E-state index in [2.05, 4.69) is 27.8 Å². The summed E-state index contributed by atoms with van der Waals surface area (Å²) in [7, 11) is 1.61. The van der Waals surface area contributed by atoms with E-state index in [-0.39, 0.29) is 11.4 Å². The minimum atomic E-state index is -0.365. The number of fused-ring (bicyclic) bond motifs is 1. The zero-order chi connectivity index (χ0) is 22.7. The summed E-state index contributed by atoms with van der Waals surface area (Å²) in [5, 5.41) is 7.18. The molecule has 2 N–H and O–H groups in total. The van der Waals surface area contributed by atoms with Crippen molar-refractivity contribution in [1.82, 2.24) is 9.88 Å². The molecular formula is C26H27N5O2. The van der Waals surface area contributed by atoms with E-state index in [1.807, 2.05) is 53.4 Å². The Morgan fingerprint density at radius 1 is 1.09 bits per heavy atom. The van der Waals surface area contributed by atoms with Crippen LogP contribution in [-0.4, -0.2) is 47.4 Å². The van der Waals surface area contributed by atoms with E-state index in [4.69, 9.17) is 9.73 Å². The Morgan fingerprint density at radius 3 is 2.70 bits per heavy atom. The largest absolute Gasteiger partial charge is 0.497 e. The van der Waals surface area contributed by atoms with Crippen molar-refractivity contribution in [2.45, 2.75) is 24.9 Å². The SMILES string of the molecule is COc1cccc(C(=O)N2CCC3(CC2)Nc2cccnc2NC3=NCc2ccccc2)c1. The molecule has 168 valence electrons. The van der Waals surface area contributed by atoms with Crippen LogP contribution in [0.2, 0.25) is 0 Å². The highest BCUT2D eigenvalue weighted by atomic mass is 16.5. The molecule has 0 saturated carbocycles. The van der Waals surface area contributed by atoms with Crippen molar-refractivity contribution in [3.8, 4) is 5.75 Å². The Hall–Kier alpha value is -3.87. The molecule has 3 aromatic rings. The lowest BCUT2D eigenvalue weighted by Crippen LogP contribution is -2.59. The lowest BCUT2D eigenvalue weighted by atomic mass is 9.84. The maximum atomic E-state index is 13.1. The first-order valence-corrected chi connectivity index (χ1v) is 11.2. The van der Waals surface area contributed by atoms with E-state index in [0.29, 0.717) is 30.9 Å². The van der Waals surface area contributed by atoms with Crippen LogP contribution in [-0.2, 0) is 6.54 Å². The van der Waals surface area contributed by atoms with Crippen molar-refractivity contribution in [3.63, 3.8) is 0 Å². The number of aromatic nitrogens is 1. The molecule has 0 aliphatic carbocycles. The molecular weight excluding hydrogens is 414 g/mol. The first kappa shape index (κ1) is 21.0.